The van der Waals surface area contributed by atoms with Gasteiger partial charge >= 0.3 is 0 Å². The van der Waals surface area contributed by atoms with E-state index in [1.54, 1.807) is 0 Å². The predicted octanol–water partition coefficient (Wildman–Crippen LogP) is 3.12. The quantitative estimate of drug-likeness (QED) is 0.447. The number of hydrogen-bond donors (Lipinski definition) is 0. The maximum Gasteiger partial charge on any atom is 0.182 e. The molecule has 0 atom stereocenters. The lowest BCUT2D eigenvalue weighted by atomic mass is 10.1. The lowest BCUT2D eigenvalue weighted by Gasteiger charge is -1.97. The Morgan fingerprint density at radius 2 is 1.31 bits per heavy atom. The van der Waals surface area contributed by atoms with Crippen molar-refractivity contribution < 1.29 is 8.83 Å². The van der Waals surface area contributed by atoms with Crippen LogP contribution >= 0.6 is 0 Å². The zero-order valence-electron chi connectivity index (χ0n) is 8.18. The summed E-state index contributed by atoms with van der Waals surface area (Å²) < 4.78 is 10.6. The minimum Gasteiger partial charge on any atom is -0.443 e. The minimum absolute atomic E-state index is 0.767. The molecule has 2 heterocycles. The van der Waals surface area contributed by atoms with E-state index in [0.29, 0.717) is 0 Å². The Bertz CT molecular complexity index is 748. The normalized spacial score (nSPS) is 11.8. The molecule has 0 fully saturated rings. The Kier molecular flexibility index (Phi) is 1.28. The van der Waals surface area contributed by atoms with E-state index in [1.807, 2.05) is 24.3 Å². The fraction of sp³-hybridized carbons (Fsp3) is 0. The van der Waals surface area contributed by atoms with Gasteiger partial charge in [-0.25, -0.2) is 9.97 Å². The summed E-state index contributed by atoms with van der Waals surface area (Å²) in [6, 6.07) is 7.82. The molecule has 0 aliphatic heterocycles. The second kappa shape index (κ2) is 2.61. The molecule has 0 saturated heterocycles. The van der Waals surface area contributed by atoms with Gasteiger partial charge in [-0.2, -0.15) is 0 Å². The number of fused-ring (bicyclic) bond motifs is 5. The highest BCUT2D eigenvalue weighted by Gasteiger charge is 2.10. The van der Waals surface area contributed by atoms with Crippen molar-refractivity contribution in [1.29, 1.82) is 0 Å². The second-order valence-corrected chi connectivity index (χ2v) is 3.63. The van der Waals surface area contributed by atoms with Gasteiger partial charge in [-0.15, -0.1) is 0 Å². The molecule has 16 heavy (non-hydrogen) atoms. The van der Waals surface area contributed by atoms with E-state index in [2.05, 4.69) is 9.97 Å². The van der Waals surface area contributed by atoms with Crippen molar-refractivity contribution in [1.82, 2.24) is 9.97 Å². The molecule has 0 amide bonds. The van der Waals surface area contributed by atoms with E-state index < -0.39 is 0 Å². The summed E-state index contributed by atoms with van der Waals surface area (Å²) in [6.45, 7) is 0. The van der Waals surface area contributed by atoms with E-state index in [-0.39, 0.29) is 0 Å². The van der Waals surface area contributed by atoms with E-state index in [9.17, 15) is 0 Å². The summed E-state index contributed by atoms with van der Waals surface area (Å²) in [6.07, 6.45) is 2.89. The maximum atomic E-state index is 5.28. The number of nitrogens with zero attached hydrogens (tertiary/aromatic N) is 2. The largest absolute Gasteiger partial charge is 0.443 e. The van der Waals surface area contributed by atoms with Crippen molar-refractivity contribution in [3.63, 3.8) is 0 Å². The van der Waals surface area contributed by atoms with Gasteiger partial charge in [0.15, 0.2) is 24.0 Å². The topological polar surface area (TPSA) is 52.1 Å². The van der Waals surface area contributed by atoms with Crippen molar-refractivity contribution in [3.05, 3.63) is 37.1 Å². The van der Waals surface area contributed by atoms with Crippen LogP contribution in [0.15, 0.2) is 45.9 Å². The van der Waals surface area contributed by atoms with Crippen LogP contribution in [-0.4, -0.2) is 9.97 Å². The molecule has 4 nitrogen and oxygen atoms in total. The van der Waals surface area contributed by atoms with Crippen LogP contribution in [0.4, 0.5) is 0 Å². The Morgan fingerprint density at radius 1 is 0.750 bits per heavy atom. The van der Waals surface area contributed by atoms with Crippen LogP contribution in [-0.2, 0) is 0 Å². The van der Waals surface area contributed by atoms with Gasteiger partial charge in [0.1, 0.15) is 11.0 Å². The van der Waals surface area contributed by atoms with Crippen LogP contribution in [0, 0.1) is 0 Å². The molecule has 76 valence electrons. The van der Waals surface area contributed by atoms with Crippen LogP contribution < -0.4 is 0 Å². The average molecular weight is 210 g/mol. The van der Waals surface area contributed by atoms with Crippen molar-refractivity contribution in [2.75, 3.05) is 0 Å². The average Bonchev–Trinajstić information content (AvgIpc) is 2.96. The standard InChI is InChI=1S/C12H6N2O2/c1-3-8-11(13-5-15-8)10-7(1)2-4-9-12(10)14-6-16-9/h1-6H. The Balaban J connectivity index is 2.44. The summed E-state index contributed by atoms with van der Waals surface area (Å²) in [4.78, 5) is 8.46. The Hall–Kier alpha value is -2.36. The third kappa shape index (κ3) is 0.839. The predicted molar refractivity (Wildman–Crippen MR) is 59.1 cm³/mol. The molecule has 0 aliphatic carbocycles. The number of benzene rings is 2. The van der Waals surface area contributed by atoms with Gasteiger partial charge in [-0.05, 0) is 17.5 Å². The number of oxazole rings is 2. The lowest BCUT2D eigenvalue weighted by molar-refractivity contribution is 0.602. The summed E-state index contributed by atoms with van der Waals surface area (Å²) in [5.41, 5.74) is 3.19. The highest BCUT2D eigenvalue weighted by molar-refractivity contribution is 6.15. The number of aromatic nitrogens is 2. The van der Waals surface area contributed by atoms with Gasteiger partial charge in [-0.3, -0.25) is 0 Å². The highest BCUT2D eigenvalue weighted by Crippen LogP contribution is 2.30. The van der Waals surface area contributed by atoms with Crippen molar-refractivity contribution in [2.24, 2.45) is 0 Å². The lowest BCUT2D eigenvalue weighted by Crippen LogP contribution is -1.78. The third-order valence-electron chi connectivity index (χ3n) is 2.78. The molecule has 2 aromatic carbocycles. The summed E-state index contributed by atoms with van der Waals surface area (Å²) in [5, 5.41) is 2.07. The van der Waals surface area contributed by atoms with E-state index in [0.717, 1.165) is 33.0 Å². The van der Waals surface area contributed by atoms with Gasteiger partial charge in [0.2, 0.25) is 0 Å². The molecule has 0 N–H and O–H groups in total. The van der Waals surface area contributed by atoms with Crippen molar-refractivity contribution in [2.45, 2.75) is 0 Å². The molecule has 4 aromatic rings. The SMILES string of the molecule is c1nc2c(ccc3ccc4ocnc4c32)o1. The van der Waals surface area contributed by atoms with Crippen LogP contribution in [0.25, 0.3) is 33.0 Å². The monoisotopic (exact) mass is 210 g/mol. The van der Waals surface area contributed by atoms with Crippen LogP contribution in [0.5, 0.6) is 0 Å². The molecule has 0 unspecified atom stereocenters. The molecule has 0 radical (unpaired) electrons. The Labute approximate surface area is 89.5 Å². The smallest absolute Gasteiger partial charge is 0.182 e. The molecule has 0 saturated carbocycles. The summed E-state index contributed by atoms with van der Waals surface area (Å²) in [5.74, 6) is 0. The van der Waals surface area contributed by atoms with Crippen LogP contribution in [0.3, 0.4) is 0 Å². The van der Waals surface area contributed by atoms with E-state index in [4.69, 9.17) is 8.83 Å². The first-order chi connectivity index (χ1) is 7.93. The first kappa shape index (κ1) is 7.87. The van der Waals surface area contributed by atoms with Crippen LogP contribution in [0.1, 0.15) is 0 Å². The molecular formula is C12H6N2O2. The van der Waals surface area contributed by atoms with E-state index in [1.165, 1.54) is 12.8 Å². The molecule has 0 aliphatic rings. The molecule has 4 heteroatoms. The summed E-state index contributed by atoms with van der Waals surface area (Å²) >= 11 is 0. The zero-order valence-corrected chi connectivity index (χ0v) is 8.18. The van der Waals surface area contributed by atoms with Gasteiger partial charge < -0.3 is 8.83 Å². The summed E-state index contributed by atoms with van der Waals surface area (Å²) in [7, 11) is 0. The number of rotatable bonds is 0. The maximum absolute atomic E-state index is 5.28. The fourth-order valence-electron chi connectivity index (χ4n) is 2.06. The fourth-order valence-corrected chi connectivity index (χ4v) is 2.06. The Morgan fingerprint density at radius 3 is 1.88 bits per heavy atom. The van der Waals surface area contributed by atoms with Crippen LogP contribution in [0.2, 0.25) is 0 Å². The molecule has 0 spiro atoms. The molecule has 0 bridgehead atoms. The molecule has 4 rings (SSSR count). The van der Waals surface area contributed by atoms with Gasteiger partial charge in [0.05, 0.1) is 0 Å². The third-order valence-corrected chi connectivity index (χ3v) is 2.78. The van der Waals surface area contributed by atoms with Crippen molar-refractivity contribution >= 4 is 33.0 Å². The van der Waals surface area contributed by atoms with Crippen molar-refractivity contribution in [3.8, 4) is 0 Å². The second-order valence-electron chi connectivity index (χ2n) is 3.63. The van der Waals surface area contributed by atoms with Gasteiger partial charge in [-0.1, -0.05) is 12.1 Å². The van der Waals surface area contributed by atoms with Gasteiger partial charge in [0.25, 0.3) is 0 Å². The first-order valence-corrected chi connectivity index (χ1v) is 4.91. The first-order valence-electron chi connectivity index (χ1n) is 4.91. The van der Waals surface area contributed by atoms with E-state index >= 15 is 0 Å². The van der Waals surface area contributed by atoms with Gasteiger partial charge in [0, 0.05) is 5.39 Å². The highest BCUT2D eigenvalue weighted by atomic mass is 16.3. The minimum atomic E-state index is 0.767. The number of hydrogen-bond acceptors (Lipinski definition) is 4. The zero-order chi connectivity index (χ0) is 10.5. The molecule has 2 aromatic heterocycles. The molecular weight excluding hydrogens is 204 g/mol.